The Morgan fingerprint density at radius 1 is 1.22 bits per heavy atom. The van der Waals surface area contributed by atoms with Gasteiger partial charge in [0.2, 0.25) is 6.20 Å². The summed E-state index contributed by atoms with van der Waals surface area (Å²) < 4.78 is 5.11. The number of pyridine rings is 1. The lowest BCUT2D eigenvalue weighted by Gasteiger charge is -2.16. The first-order valence-electron chi connectivity index (χ1n) is 5.61. The van der Waals surface area contributed by atoms with Gasteiger partial charge in [-0.15, -0.1) is 0 Å². The number of halogens is 3. The number of H-pyrrole nitrogens is 1. The smallest absolute Gasteiger partial charge is 0.364 e. The number of nitrogens with one attached hydrogen (secondary N) is 1. The fourth-order valence-corrected chi connectivity index (χ4v) is 2.03. The lowest BCUT2D eigenvalue weighted by Crippen LogP contribution is -3.00. The first kappa shape index (κ1) is 20.1. The molecule has 0 bridgehead atoms. The lowest BCUT2D eigenvalue weighted by molar-refractivity contribution is -0.720. The van der Waals surface area contributed by atoms with E-state index in [1.54, 1.807) is 7.11 Å². The third-order valence-corrected chi connectivity index (χ3v) is 2.94. The van der Waals surface area contributed by atoms with Crippen molar-refractivity contribution in [3.05, 3.63) is 18.3 Å². The molecule has 1 aromatic rings. The summed E-state index contributed by atoms with van der Waals surface area (Å²) in [4.78, 5) is 3.24. The number of rotatable bonds is 3. The second kappa shape index (κ2) is 10.6. The Balaban J connectivity index is 0. The van der Waals surface area contributed by atoms with Gasteiger partial charge in [-0.05, 0) is 6.07 Å². The molecule has 0 atom stereocenters. The van der Waals surface area contributed by atoms with E-state index in [0.717, 1.165) is 11.8 Å². The van der Waals surface area contributed by atoms with Gasteiger partial charge in [0.1, 0.15) is 6.04 Å². The van der Waals surface area contributed by atoms with Crippen molar-refractivity contribution in [3.8, 4) is 5.75 Å². The Hall–Kier alpha value is -0.260. The maximum Gasteiger partial charge on any atom is 0.364 e. The predicted molar refractivity (Wildman–Crippen MR) is 55.8 cm³/mol. The molecule has 1 aliphatic rings. The standard InChI is InChI=1S/C11H17N3O.3ClH/c1-15-10-2-3-11(13-8-10)14-9-4-6-12-7-5-9;;;/h2-3,8-9,12H,4-7H2,1H3,(H,13,14);3*1H. The third-order valence-electron chi connectivity index (χ3n) is 2.94. The molecule has 1 aromatic heterocycles. The van der Waals surface area contributed by atoms with Crippen LogP contribution in [0.25, 0.3) is 0 Å². The molecule has 0 aromatic carbocycles. The van der Waals surface area contributed by atoms with Crippen LogP contribution in [0.3, 0.4) is 0 Å². The van der Waals surface area contributed by atoms with E-state index in [9.17, 15) is 0 Å². The number of methoxy groups -OCH3 is 1. The molecule has 0 aliphatic carbocycles. The molecule has 2 rings (SSSR count). The second-order valence-corrected chi connectivity index (χ2v) is 4.05. The fraction of sp³-hybridized carbons (Fsp3) is 0.545. The van der Waals surface area contributed by atoms with Gasteiger partial charge >= 0.3 is 5.82 Å². The number of piperidine rings is 1. The number of hydrogen-bond donors (Lipinski definition) is 2. The Bertz CT molecular complexity index is 305. The first-order valence-corrected chi connectivity index (χ1v) is 5.61. The van der Waals surface area contributed by atoms with Crippen LogP contribution in [0.15, 0.2) is 18.3 Å². The molecular formula is C11H20Cl3N3O. The molecular weight excluding hydrogens is 296 g/mol. The molecule has 0 unspecified atom stereocenters. The molecule has 0 amide bonds. The Kier molecular flexibility index (Phi) is 11.9. The first-order chi connectivity index (χ1) is 7.38. The van der Waals surface area contributed by atoms with Crippen molar-refractivity contribution in [3.63, 3.8) is 0 Å². The largest absolute Gasteiger partial charge is 1.00 e. The van der Waals surface area contributed by atoms with Crippen LogP contribution < -0.4 is 57.6 Å². The highest BCUT2D eigenvalue weighted by Gasteiger charge is 2.21. The van der Waals surface area contributed by atoms with E-state index in [1.807, 2.05) is 12.3 Å². The van der Waals surface area contributed by atoms with Crippen LogP contribution in [0.4, 0.5) is 5.82 Å². The highest BCUT2D eigenvalue weighted by molar-refractivity contribution is 5.19. The highest BCUT2D eigenvalue weighted by atomic mass is 35.5. The van der Waals surface area contributed by atoms with Crippen LogP contribution in [0.5, 0.6) is 5.75 Å². The number of ether oxygens (including phenoxy) is 1. The molecule has 0 radical (unpaired) electrons. The van der Waals surface area contributed by atoms with E-state index in [4.69, 9.17) is 4.74 Å². The van der Waals surface area contributed by atoms with Crippen molar-refractivity contribution >= 4 is 5.82 Å². The van der Waals surface area contributed by atoms with Crippen LogP contribution in [0.1, 0.15) is 12.8 Å². The molecule has 1 aliphatic heterocycles. The average Bonchev–Trinajstić information content (AvgIpc) is 2.31. The molecule has 0 saturated carbocycles. The zero-order valence-electron chi connectivity index (χ0n) is 10.3. The van der Waals surface area contributed by atoms with E-state index in [2.05, 4.69) is 21.7 Å². The van der Waals surface area contributed by atoms with Crippen LogP contribution in [0.2, 0.25) is 0 Å². The monoisotopic (exact) mass is 315 g/mol. The summed E-state index contributed by atoms with van der Waals surface area (Å²) in [5.41, 5.74) is 0. The summed E-state index contributed by atoms with van der Waals surface area (Å²) in [7, 11) is 1.68. The SMILES string of the molecule is COc1ccc([NH2+]C2CC[NH2+]CC2)[nH+]c1.[Cl-].[Cl-].[Cl-]. The molecule has 7 heteroatoms. The molecule has 2 heterocycles. The highest BCUT2D eigenvalue weighted by Crippen LogP contribution is 2.05. The minimum atomic E-state index is 0. The van der Waals surface area contributed by atoms with Gasteiger partial charge < -0.3 is 47.3 Å². The Morgan fingerprint density at radius 2 is 1.89 bits per heavy atom. The topological polar surface area (TPSA) is 56.6 Å². The van der Waals surface area contributed by atoms with Gasteiger partial charge in [-0.1, -0.05) is 0 Å². The van der Waals surface area contributed by atoms with E-state index in [0.29, 0.717) is 0 Å². The van der Waals surface area contributed by atoms with E-state index in [-0.39, 0.29) is 37.2 Å². The zero-order valence-corrected chi connectivity index (χ0v) is 12.6. The fourth-order valence-electron chi connectivity index (χ4n) is 2.03. The molecule has 1 fully saturated rings. The van der Waals surface area contributed by atoms with Crippen LogP contribution in [0, 0.1) is 0 Å². The van der Waals surface area contributed by atoms with Crippen molar-refractivity contribution in [2.45, 2.75) is 18.9 Å². The average molecular weight is 317 g/mol. The van der Waals surface area contributed by atoms with Crippen molar-refractivity contribution in [1.82, 2.24) is 0 Å². The van der Waals surface area contributed by atoms with Crippen molar-refractivity contribution in [2.75, 3.05) is 20.2 Å². The van der Waals surface area contributed by atoms with Crippen LogP contribution >= 0.6 is 0 Å². The Labute approximate surface area is 127 Å². The summed E-state index contributed by atoms with van der Waals surface area (Å²) in [5, 5.41) is 4.73. The summed E-state index contributed by atoms with van der Waals surface area (Å²) in [6.45, 7) is 2.52. The molecule has 5 N–H and O–H groups in total. The van der Waals surface area contributed by atoms with Crippen molar-refractivity contribution < 1.29 is 57.6 Å². The molecule has 4 nitrogen and oxygen atoms in total. The van der Waals surface area contributed by atoms with Gasteiger partial charge in [0.15, 0.2) is 5.75 Å². The van der Waals surface area contributed by atoms with Gasteiger partial charge in [0.25, 0.3) is 0 Å². The van der Waals surface area contributed by atoms with E-state index >= 15 is 0 Å². The predicted octanol–water partition coefficient (Wildman–Crippen LogP) is -10.6. The molecule has 18 heavy (non-hydrogen) atoms. The van der Waals surface area contributed by atoms with E-state index < -0.39 is 0 Å². The van der Waals surface area contributed by atoms with Gasteiger partial charge in [-0.25, -0.2) is 0 Å². The van der Waals surface area contributed by atoms with Crippen molar-refractivity contribution in [2.24, 2.45) is 0 Å². The van der Waals surface area contributed by atoms with E-state index in [1.165, 1.54) is 31.7 Å². The lowest BCUT2D eigenvalue weighted by atomic mass is 10.1. The van der Waals surface area contributed by atoms with Crippen LogP contribution in [-0.2, 0) is 0 Å². The second-order valence-electron chi connectivity index (χ2n) is 4.05. The van der Waals surface area contributed by atoms with Crippen molar-refractivity contribution in [1.29, 1.82) is 0 Å². The summed E-state index contributed by atoms with van der Waals surface area (Å²) in [5.74, 6) is 2.08. The molecule has 106 valence electrons. The Morgan fingerprint density at radius 3 is 2.39 bits per heavy atom. The quantitative estimate of drug-likeness (QED) is 0.572. The summed E-state index contributed by atoms with van der Waals surface area (Å²) in [6.07, 6.45) is 4.49. The minimum absolute atomic E-state index is 0. The van der Waals surface area contributed by atoms with Gasteiger partial charge in [0, 0.05) is 12.8 Å². The number of quaternary nitrogens is 2. The number of aromatic amines is 1. The number of aromatic nitrogens is 1. The third kappa shape index (κ3) is 6.07. The van der Waals surface area contributed by atoms with Gasteiger partial charge in [0.05, 0.1) is 26.3 Å². The number of nitrogens with two attached hydrogens (primary N) is 2. The maximum atomic E-state index is 5.11. The molecule has 0 spiro atoms. The summed E-state index contributed by atoms with van der Waals surface area (Å²) >= 11 is 0. The van der Waals surface area contributed by atoms with Gasteiger partial charge in [-0.3, -0.25) is 5.32 Å². The normalized spacial score (nSPS) is 14.7. The van der Waals surface area contributed by atoms with Gasteiger partial charge in [-0.2, -0.15) is 4.98 Å². The number of hydrogen-bond acceptors (Lipinski definition) is 1. The maximum absolute atomic E-state index is 5.11. The zero-order chi connectivity index (χ0) is 10.5. The molecule has 1 saturated heterocycles. The van der Waals surface area contributed by atoms with Crippen LogP contribution in [-0.4, -0.2) is 26.2 Å². The summed E-state index contributed by atoms with van der Waals surface area (Å²) in [6, 6.07) is 4.81. The minimum Gasteiger partial charge on any atom is -1.00 e.